The first kappa shape index (κ1) is 22.0. The molecule has 1 aromatic heterocycles. The maximum atomic E-state index is 12.3. The van der Waals surface area contributed by atoms with E-state index in [2.05, 4.69) is 27.4 Å². The first-order valence-corrected chi connectivity index (χ1v) is 9.96. The van der Waals surface area contributed by atoms with Gasteiger partial charge in [-0.1, -0.05) is 29.4 Å². The highest BCUT2D eigenvalue weighted by Gasteiger charge is 2.23. The number of nitrogens with zero attached hydrogens (tertiary/aromatic N) is 3. The van der Waals surface area contributed by atoms with Crippen molar-refractivity contribution in [2.24, 2.45) is 0 Å². The lowest BCUT2D eigenvalue weighted by atomic mass is 10.1. The van der Waals surface area contributed by atoms with Crippen molar-refractivity contribution in [1.29, 1.82) is 0 Å². The third kappa shape index (κ3) is 6.10. The average molecular weight is 422 g/mol. The predicted octanol–water partition coefficient (Wildman–Crippen LogP) is 3.89. The molecule has 2 rings (SSSR count). The Morgan fingerprint density at radius 3 is 2.50 bits per heavy atom. The summed E-state index contributed by atoms with van der Waals surface area (Å²) in [7, 11) is 0. The van der Waals surface area contributed by atoms with E-state index < -0.39 is 22.7 Å². The van der Waals surface area contributed by atoms with E-state index in [0.717, 1.165) is 5.56 Å². The average Bonchev–Trinajstić information content (AvgIpc) is 2.96. The zero-order valence-electron chi connectivity index (χ0n) is 16.3. The lowest BCUT2D eigenvalue weighted by molar-refractivity contribution is -0.119. The molecule has 28 heavy (non-hydrogen) atoms. The first-order chi connectivity index (χ1) is 13.1. The second-order valence-electron chi connectivity index (χ2n) is 7.17. The monoisotopic (exact) mass is 421 g/mol. The van der Waals surface area contributed by atoms with Gasteiger partial charge in [-0.3, -0.25) is 14.7 Å². The molecular weight excluding hydrogens is 398 g/mol. The van der Waals surface area contributed by atoms with E-state index in [9.17, 15) is 9.59 Å². The molecule has 0 spiro atoms. The van der Waals surface area contributed by atoms with E-state index in [1.54, 1.807) is 25.1 Å². The molecule has 7 nitrogen and oxygen atoms in total. The largest absolute Gasteiger partial charge is 0.333 e. The number of carbonyl (C=O) groups is 2. The number of carbonyl (C=O) groups excluding carboxylic acids is 2. The summed E-state index contributed by atoms with van der Waals surface area (Å²) in [5.74, 6) is 0.241. The molecule has 2 N–H and O–H groups in total. The number of hydrogen-bond donors (Lipinski definition) is 2. The molecule has 1 atom stereocenters. The van der Waals surface area contributed by atoms with Gasteiger partial charge in [-0.15, -0.1) is 16.8 Å². The number of benzene rings is 1. The Hall–Kier alpha value is -2.32. The van der Waals surface area contributed by atoms with Crippen LogP contribution in [0.2, 0.25) is 5.02 Å². The minimum atomic E-state index is -0.545. The molecule has 0 unspecified atom stereocenters. The number of thioether (sulfide) groups is 1. The second kappa shape index (κ2) is 9.25. The van der Waals surface area contributed by atoms with Crippen LogP contribution in [-0.4, -0.2) is 37.5 Å². The molecule has 0 saturated heterocycles. The predicted molar refractivity (Wildman–Crippen MR) is 112 cm³/mol. The van der Waals surface area contributed by atoms with Crippen LogP contribution in [0.15, 0.2) is 42.1 Å². The number of urea groups is 1. The number of hydrogen-bond acceptors (Lipinski definition) is 5. The third-order valence-electron chi connectivity index (χ3n) is 3.51. The van der Waals surface area contributed by atoms with Gasteiger partial charge in [0.1, 0.15) is 0 Å². The van der Waals surface area contributed by atoms with E-state index in [1.807, 2.05) is 37.5 Å². The Kier molecular flexibility index (Phi) is 7.26. The fraction of sp³-hybridized carbons (Fsp3) is 0.368. The van der Waals surface area contributed by atoms with Crippen LogP contribution < -0.4 is 10.6 Å². The van der Waals surface area contributed by atoms with Gasteiger partial charge in [0.25, 0.3) is 0 Å². The number of amides is 3. The van der Waals surface area contributed by atoms with E-state index in [0.29, 0.717) is 22.5 Å². The highest BCUT2D eigenvalue weighted by atomic mass is 35.5. The lowest BCUT2D eigenvalue weighted by Crippen LogP contribution is -2.49. The van der Waals surface area contributed by atoms with Gasteiger partial charge < -0.3 is 5.32 Å². The zero-order chi connectivity index (χ0) is 20.9. The summed E-state index contributed by atoms with van der Waals surface area (Å²) >= 11 is 7.17. The number of imide groups is 1. The van der Waals surface area contributed by atoms with Crippen LogP contribution in [0, 0.1) is 0 Å². The maximum Gasteiger partial charge on any atom is 0.321 e. The number of nitrogens with one attached hydrogen (secondary N) is 2. The molecular formula is C19H24ClN5O2S. The summed E-state index contributed by atoms with van der Waals surface area (Å²) < 4.78 is 1.86. The van der Waals surface area contributed by atoms with Crippen LogP contribution in [0.25, 0.3) is 11.4 Å². The minimum Gasteiger partial charge on any atom is -0.333 e. The maximum absolute atomic E-state index is 12.3. The highest BCUT2D eigenvalue weighted by molar-refractivity contribution is 8.00. The molecule has 1 heterocycles. The summed E-state index contributed by atoms with van der Waals surface area (Å²) in [6.45, 7) is 11.5. The summed E-state index contributed by atoms with van der Waals surface area (Å²) in [4.78, 5) is 24.2. The molecule has 0 bridgehead atoms. The van der Waals surface area contributed by atoms with Crippen LogP contribution in [0.4, 0.5) is 4.79 Å². The molecule has 1 aromatic carbocycles. The van der Waals surface area contributed by atoms with Gasteiger partial charge in [0.2, 0.25) is 5.91 Å². The van der Waals surface area contributed by atoms with Crippen molar-refractivity contribution in [3.63, 3.8) is 0 Å². The second-order valence-corrected chi connectivity index (χ2v) is 8.91. The van der Waals surface area contributed by atoms with Gasteiger partial charge in [-0.05, 0) is 52.0 Å². The van der Waals surface area contributed by atoms with Gasteiger partial charge in [0.05, 0.1) is 5.25 Å². The number of allylic oxidation sites excluding steroid dienone is 1. The summed E-state index contributed by atoms with van der Waals surface area (Å²) in [6.07, 6.45) is 1.73. The van der Waals surface area contributed by atoms with Crippen molar-refractivity contribution in [2.45, 2.75) is 50.2 Å². The molecule has 0 aliphatic carbocycles. The Balaban J connectivity index is 2.14. The topological polar surface area (TPSA) is 88.9 Å². The Morgan fingerprint density at radius 2 is 1.93 bits per heavy atom. The third-order valence-corrected chi connectivity index (χ3v) is 4.84. The van der Waals surface area contributed by atoms with Gasteiger partial charge in [0.15, 0.2) is 11.0 Å². The standard InChI is InChI=1S/C19H24ClN5O2S/c1-6-11-25-15(13-7-9-14(20)10-8-13)23-24-18(25)28-12(2)16(26)21-17(27)22-19(3,4)5/h6-10,12H,1,11H2,2-5H3,(H2,21,22,26,27)/t12-/m0/s1. The van der Waals surface area contributed by atoms with Crippen LogP contribution >= 0.6 is 23.4 Å². The van der Waals surface area contributed by atoms with Gasteiger partial charge >= 0.3 is 6.03 Å². The van der Waals surface area contributed by atoms with Crippen LogP contribution in [0.3, 0.4) is 0 Å². The molecule has 0 aliphatic rings. The van der Waals surface area contributed by atoms with Crippen molar-refractivity contribution in [2.75, 3.05) is 0 Å². The molecule has 0 fully saturated rings. The molecule has 9 heteroatoms. The molecule has 3 amide bonds. The van der Waals surface area contributed by atoms with Gasteiger partial charge in [-0.2, -0.15) is 0 Å². The molecule has 0 radical (unpaired) electrons. The first-order valence-electron chi connectivity index (χ1n) is 8.70. The van der Waals surface area contributed by atoms with Gasteiger partial charge in [-0.25, -0.2) is 4.79 Å². The van der Waals surface area contributed by atoms with Crippen molar-refractivity contribution in [1.82, 2.24) is 25.4 Å². The Bertz CT molecular complexity index is 858. The van der Waals surface area contributed by atoms with Crippen molar-refractivity contribution in [3.05, 3.63) is 41.9 Å². The minimum absolute atomic E-state index is 0.409. The van der Waals surface area contributed by atoms with Crippen LogP contribution in [0.1, 0.15) is 27.7 Å². The van der Waals surface area contributed by atoms with E-state index in [-0.39, 0.29) is 0 Å². The highest BCUT2D eigenvalue weighted by Crippen LogP contribution is 2.27. The van der Waals surface area contributed by atoms with Crippen molar-refractivity contribution in [3.8, 4) is 11.4 Å². The Labute approximate surface area is 173 Å². The van der Waals surface area contributed by atoms with E-state index in [4.69, 9.17) is 11.6 Å². The summed E-state index contributed by atoms with van der Waals surface area (Å²) in [5, 5.41) is 14.1. The van der Waals surface area contributed by atoms with Crippen molar-refractivity contribution < 1.29 is 9.59 Å². The summed E-state index contributed by atoms with van der Waals surface area (Å²) in [6, 6.07) is 6.74. The fourth-order valence-electron chi connectivity index (χ4n) is 2.28. The fourth-order valence-corrected chi connectivity index (χ4v) is 3.26. The molecule has 0 saturated carbocycles. The quantitative estimate of drug-likeness (QED) is 0.545. The van der Waals surface area contributed by atoms with E-state index in [1.165, 1.54) is 11.8 Å². The van der Waals surface area contributed by atoms with Crippen molar-refractivity contribution >= 4 is 35.3 Å². The number of aromatic nitrogens is 3. The number of rotatable bonds is 6. The van der Waals surface area contributed by atoms with Crippen LogP contribution in [-0.2, 0) is 11.3 Å². The molecule has 150 valence electrons. The normalized spacial score (nSPS) is 12.3. The Morgan fingerprint density at radius 1 is 1.29 bits per heavy atom. The molecule has 2 aromatic rings. The SMILES string of the molecule is C=CCn1c(S[C@@H](C)C(=O)NC(=O)NC(C)(C)C)nnc1-c1ccc(Cl)cc1. The van der Waals surface area contributed by atoms with E-state index >= 15 is 0 Å². The smallest absolute Gasteiger partial charge is 0.321 e. The van der Waals surface area contributed by atoms with Gasteiger partial charge in [0, 0.05) is 22.7 Å². The summed E-state index contributed by atoms with van der Waals surface area (Å²) in [5.41, 5.74) is 0.422. The lowest BCUT2D eigenvalue weighted by Gasteiger charge is -2.21. The zero-order valence-corrected chi connectivity index (χ0v) is 17.9. The number of halogens is 1. The molecule has 0 aliphatic heterocycles. The van der Waals surface area contributed by atoms with Crippen LogP contribution in [0.5, 0.6) is 0 Å².